The number of aromatic nitrogens is 2. The summed E-state index contributed by atoms with van der Waals surface area (Å²) in [6, 6.07) is 13.4. The molecule has 0 saturated carbocycles. The maximum atomic E-state index is 4.29. The van der Waals surface area contributed by atoms with Crippen LogP contribution in [0.15, 0.2) is 71.3 Å². The maximum Gasteiger partial charge on any atom is 0.0966 e. The highest BCUT2D eigenvalue weighted by molar-refractivity contribution is 5.89. The molecule has 4 nitrogen and oxygen atoms in total. The third kappa shape index (κ3) is 2.08. The van der Waals surface area contributed by atoms with Crippen LogP contribution in [0.1, 0.15) is 0 Å². The van der Waals surface area contributed by atoms with Crippen LogP contribution in [0.2, 0.25) is 0 Å². The van der Waals surface area contributed by atoms with E-state index >= 15 is 0 Å². The molecule has 1 aromatic carbocycles. The lowest BCUT2D eigenvalue weighted by Crippen LogP contribution is -1.77. The first kappa shape index (κ1) is 10.5. The predicted molar refractivity (Wildman–Crippen MR) is 70.2 cm³/mol. The molecule has 3 rings (SSSR count). The molecule has 0 radical (unpaired) electrons. The fourth-order valence-corrected chi connectivity index (χ4v) is 1.69. The van der Waals surface area contributed by atoms with Gasteiger partial charge in [0.1, 0.15) is 0 Å². The molecule has 0 aliphatic heterocycles. The maximum absolute atomic E-state index is 4.29. The van der Waals surface area contributed by atoms with Gasteiger partial charge in [-0.15, -0.1) is 5.11 Å². The number of rotatable bonds is 2. The predicted octanol–water partition coefficient (Wildman–Crippen LogP) is 4.05. The first-order valence-electron chi connectivity index (χ1n) is 5.59. The molecule has 0 amide bonds. The van der Waals surface area contributed by atoms with E-state index in [4.69, 9.17) is 0 Å². The number of fused-ring (bicyclic) bond motifs is 1. The monoisotopic (exact) mass is 234 g/mol. The lowest BCUT2D eigenvalue weighted by Gasteiger charge is -1.99. The van der Waals surface area contributed by atoms with Crippen LogP contribution in [0.25, 0.3) is 10.9 Å². The van der Waals surface area contributed by atoms with Crippen molar-refractivity contribution in [2.45, 2.75) is 0 Å². The van der Waals surface area contributed by atoms with Crippen LogP contribution in [-0.4, -0.2) is 9.97 Å². The van der Waals surface area contributed by atoms with Gasteiger partial charge in [-0.1, -0.05) is 18.2 Å². The molecule has 0 bridgehead atoms. The molecular weight excluding hydrogens is 224 g/mol. The topological polar surface area (TPSA) is 50.5 Å². The van der Waals surface area contributed by atoms with Crippen molar-refractivity contribution in [3.8, 4) is 0 Å². The number of nitrogens with zero attached hydrogens (tertiary/aromatic N) is 4. The smallest absolute Gasteiger partial charge is 0.0966 e. The van der Waals surface area contributed by atoms with Gasteiger partial charge in [0.15, 0.2) is 0 Å². The fourth-order valence-electron chi connectivity index (χ4n) is 1.69. The number of hydrogen-bond donors (Lipinski definition) is 0. The Hall–Kier alpha value is -2.62. The summed E-state index contributed by atoms with van der Waals surface area (Å²) in [5.41, 5.74) is 2.52. The first-order chi connectivity index (χ1) is 8.93. The lowest BCUT2D eigenvalue weighted by molar-refractivity contribution is 1.21. The zero-order valence-electron chi connectivity index (χ0n) is 9.56. The molecule has 2 heterocycles. The van der Waals surface area contributed by atoms with Gasteiger partial charge in [0.25, 0.3) is 0 Å². The van der Waals surface area contributed by atoms with E-state index < -0.39 is 0 Å². The Morgan fingerprint density at radius 3 is 2.50 bits per heavy atom. The van der Waals surface area contributed by atoms with Crippen LogP contribution in [0, 0.1) is 0 Å². The van der Waals surface area contributed by atoms with E-state index in [1.807, 2.05) is 42.5 Å². The van der Waals surface area contributed by atoms with Crippen LogP contribution in [0.3, 0.4) is 0 Å². The Balaban J connectivity index is 2.03. The summed E-state index contributed by atoms with van der Waals surface area (Å²) in [4.78, 5) is 8.22. The summed E-state index contributed by atoms with van der Waals surface area (Å²) in [5.74, 6) is 0. The van der Waals surface area contributed by atoms with E-state index in [0.29, 0.717) is 0 Å². The second-order valence-electron chi connectivity index (χ2n) is 3.75. The number of benzene rings is 1. The molecule has 0 unspecified atom stereocenters. The van der Waals surface area contributed by atoms with Gasteiger partial charge in [0.2, 0.25) is 0 Å². The quantitative estimate of drug-likeness (QED) is 0.628. The first-order valence-corrected chi connectivity index (χ1v) is 5.59. The Kier molecular flexibility index (Phi) is 2.75. The standard InChI is InChI=1S/C14H10N4/c1-2-4-13-12(3-1)14(7-10-16-13)18-17-11-5-8-15-9-6-11/h1-10H/b18-17+. The molecule has 0 fully saturated rings. The zero-order chi connectivity index (χ0) is 12.2. The average Bonchev–Trinajstić information content (AvgIpc) is 2.46. The molecule has 0 aliphatic carbocycles. The minimum absolute atomic E-state index is 0.783. The molecule has 2 aromatic heterocycles. The third-order valence-electron chi connectivity index (χ3n) is 2.56. The number of azo groups is 1. The SMILES string of the molecule is c1ccc2c(/N=N/c3ccncc3)ccnc2c1. The van der Waals surface area contributed by atoms with E-state index in [9.17, 15) is 0 Å². The molecule has 0 aliphatic rings. The van der Waals surface area contributed by atoms with Gasteiger partial charge in [0, 0.05) is 24.0 Å². The highest BCUT2D eigenvalue weighted by Crippen LogP contribution is 2.25. The molecule has 4 heteroatoms. The summed E-state index contributed by atoms with van der Waals surface area (Å²) >= 11 is 0. The van der Waals surface area contributed by atoms with Gasteiger partial charge in [-0.25, -0.2) is 0 Å². The van der Waals surface area contributed by atoms with Crippen LogP contribution in [-0.2, 0) is 0 Å². The minimum atomic E-state index is 0.783. The number of para-hydroxylation sites is 1. The molecule has 0 saturated heterocycles. The molecule has 0 N–H and O–H groups in total. The van der Waals surface area contributed by atoms with Gasteiger partial charge in [0.05, 0.1) is 16.9 Å². The molecule has 3 aromatic rings. The Morgan fingerprint density at radius 2 is 1.61 bits per heavy atom. The van der Waals surface area contributed by atoms with Crippen molar-refractivity contribution >= 4 is 22.3 Å². The van der Waals surface area contributed by atoms with Gasteiger partial charge in [-0.3, -0.25) is 9.97 Å². The Bertz CT molecular complexity index is 687. The van der Waals surface area contributed by atoms with Crippen molar-refractivity contribution in [3.05, 3.63) is 61.1 Å². The fraction of sp³-hybridized carbons (Fsp3) is 0. The Labute approximate surface area is 104 Å². The van der Waals surface area contributed by atoms with E-state index in [1.54, 1.807) is 18.6 Å². The Morgan fingerprint density at radius 1 is 0.778 bits per heavy atom. The van der Waals surface area contributed by atoms with Gasteiger partial charge >= 0.3 is 0 Å². The number of pyridine rings is 2. The zero-order valence-corrected chi connectivity index (χ0v) is 9.56. The van der Waals surface area contributed by atoms with Crippen LogP contribution in [0.4, 0.5) is 11.4 Å². The van der Waals surface area contributed by atoms with Gasteiger partial charge < -0.3 is 0 Å². The summed E-state index contributed by atoms with van der Waals surface area (Å²) in [7, 11) is 0. The summed E-state index contributed by atoms with van der Waals surface area (Å²) in [6.45, 7) is 0. The summed E-state index contributed by atoms with van der Waals surface area (Å²) < 4.78 is 0. The van der Waals surface area contributed by atoms with E-state index in [2.05, 4.69) is 20.2 Å². The summed E-state index contributed by atoms with van der Waals surface area (Å²) in [5, 5.41) is 9.44. The second-order valence-corrected chi connectivity index (χ2v) is 3.75. The van der Waals surface area contributed by atoms with Crippen molar-refractivity contribution < 1.29 is 0 Å². The van der Waals surface area contributed by atoms with E-state index in [0.717, 1.165) is 22.3 Å². The lowest BCUT2D eigenvalue weighted by atomic mass is 10.2. The second kappa shape index (κ2) is 4.71. The largest absolute Gasteiger partial charge is 0.265 e. The summed E-state index contributed by atoms with van der Waals surface area (Å²) in [6.07, 6.45) is 5.13. The van der Waals surface area contributed by atoms with Crippen molar-refractivity contribution in [1.82, 2.24) is 9.97 Å². The van der Waals surface area contributed by atoms with Crippen LogP contribution < -0.4 is 0 Å². The number of hydrogen-bond acceptors (Lipinski definition) is 4. The highest BCUT2D eigenvalue weighted by Gasteiger charge is 1.99. The van der Waals surface area contributed by atoms with Crippen LogP contribution >= 0.6 is 0 Å². The average molecular weight is 234 g/mol. The molecular formula is C14H10N4. The van der Waals surface area contributed by atoms with E-state index in [1.165, 1.54) is 0 Å². The normalized spacial score (nSPS) is 11.1. The van der Waals surface area contributed by atoms with Crippen molar-refractivity contribution in [2.75, 3.05) is 0 Å². The minimum Gasteiger partial charge on any atom is -0.265 e. The van der Waals surface area contributed by atoms with Gasteiger partial charge in [-0.2, -0.15) is 5.11 Å². The molecule has 0 spiro atoms. The van der Waals surface area contributed by atoms with Crippen molar-refractivity contribution in [2.24, 2.45) is 10.2 Å². The van der Waals surface area contributed by atoms with Crippen LogP contribution in [0.5, 0.6) is 0 Å². The highest BCUT2D eigenvalue weighted by atomic mass is 15.1. The van der Waals surface area contributed by atoms with Crippen molar-refractivity contribution in [3.63, 3.8) is 0 Å². The van der Waals surface area contributed by atoms with E-state index in [-0.39, 0.29) is 0 Å². The van der Waals surface area contributed by atoms with Crippen molar-refractivity contribution in [1.29, 1.82) is 0 Å². The third-order valence-corrected chi connectivity index (χ3v) is 2.56. The molecule has 18 heavy (non-hydrogen) atoms. The molecule has 0 atom stereocenters. The van der Waals surface area contributed by atoms with Gasteiger partial charge in [-0.05, 0) is 24.3 Å². The molecule has 86 valence electrons.